The first-order valence-corrected chi connectivity index (χ1v) is 3.77. The lowest BCUT2D eigenvalue weighted by atomic mass is 10.0. The average Bonchev–Trinajstić information content (AvgIpc) is 1.97. The predicted molar refractivity (Wildman–Crippen MR) is 45.4 cm³/mol. The molecule has 0 saturated heterocycles. The van der Waals surface area contributed by atoms with E-state index in [1.165, 1.54) is 6.07 Å². The highest BCUT2D eigenvalue weighted by Crippen LogP contribution is 2.28. The maximum absolute atomic E-state index is 12.8. The Bertz CT molecular complexity index is 297. The van der Waals surface area contributed by atoms with Crippen LogP contribution in [0.3, 0.4) is 0 Å². The molecule has 0 aromatic heterocycles. The molecule has 1 atom stereocenters. The van der Waals surface area contributed by atoms with Gasteiger partial charge < -0.3 is 10.8 Å². The van der Waals surface area contributed by atoms with Gasteiger partial charge in [0.15, 0.2) is 11.6 Å². The summed E-state index contributed by atoms with van der Waals surface area (Å²) >= 11 is 0. The number of aromatic hydroxyl groups is 1. The first-order chi connectivity index (χ1) is 5.54. The third-order valence-electron chi connectivity index (χ3n) is 1.84. The Balaban J connectivity index is 3.33. The van der Waals surface area contributed by atoms with Gasteiger partial charge in [-0.25, -0.2) is 4.39 Å². The Kier molecular flexibility index (Phi) is 2.33. The second kappa shape index (κ2) is 3.11. The average molecular weight is 169 g/mol. The Hall–Kier alpha value is -1.09. The number of benzene rings is 1. The van der Waals surface area contributed by atoms with Gasteiger partial charge in [-0.05, 0) is 25.5 Å². The lowest BCUT2D eigenvalue weighted by Gasteiger charge is -2.11. The number of phenols is 1. The fraction of sp³-hybridized carbons (Fsp3) is 0.333. The lowest BCUT2D eigenvalue weighted by Crippen LogP contribution is -2.07. The van der Waals surface area contributed by atoms with E-state index < -0.39 is 5.82 Å². The minimum absolute atomic E-state index is 0.329. The van der Waals surface area contributed by atoms with E-state index in [1.54, 1.807) is 19.9 Å². The largest absolute Gasteiger partial charge is 0.505 e. The third-order valence-corrected chi connectivity index (χ3v) is 1.84. The van der Waals surface area contributed by atoms with Crippen LogP contribution < -0.4 is 5.73 Å². The van der Waals surface area contributed by atoms with Gasteiger partial charge in [-0.2, -0.15) is 0 Å². The van der Waals surface area contributed by atoms with Crippen molar-refractivity contribution in [3.8, 4) is 5.75 Å². The van der Waals surface area contributed by atoms with Crippen LogP contribution in [0.5, 0.6) is 5.75 Å². The number of hydrogen-bond donors (Lipinski definition) is 2. The minimum Gasteiger partial charge on any atom is -0.505 e. The second-order valence-electron chi connectivity index (χ2n) is 2.92. The van der Waals surface area contributed by atoms with E-state index in [0.29, 0.717) is 5.56 Å². The Morgan fingerprint density at radius 2 is 2.08 bits per heavy atom. The summed E-state index contributed by atoms with van der Waals surface area (Å²) in [5, 5.41) is 9.29. The first kappa shape index (κ1) is 9.00. The molecule has 12 heavy (non-hydrogen) atoms. The number of halogens is 1. The highest BCUT2D eigenvalue weighted by molar-refractivity contribution is 5.41. The van der Waals surface area contributed by atoms with Crippen LogP contribution in [0.25, 0.3) is 0 Å². The standard InChI is InChI=1S/C9H12FNO/c1-5-3-4-7(10)9(12)8(5)6(2)11/h3-4,6,12H,11H2,1-2H3. The minimum atomic E-state index is -0.618. The van der Waals surface area contributed by atoms with Crippen molar-refractivity contribution in [2.45, 2.75) is 19.9 Å². The van der Waals surface area contributed by atoms with Gasteiger partial charge in [0, 0.05) is 11.6 Å². The predicted octanol–water partition coefficient (Wildman–Crippen LogP) is 1.86. The van der Waals surface area contributed by atoms with E-state index >= 15 is 0 Å². The quantitative estimate of drug-likeness (QED) is 0.674. The summed E-state index contributed by atoms with van der Waals surface area (Å²) in [7, 11) is 0. The monoisotopic (exact) mass is 169 g/mol. The van der Waals surface area contributed by atoms with Crippen LogP contribution >= 0.6 is 0 Å². The highest BCUT2D eigenvalue weighted by atomic mass is 19.1. The van der Waals surface area contributed by atoms with E-state index in [0.717, 1.165) is 5.56 Å². The van der Waals surface area contributed by atoms with Crippen LogP contribution in [0.4, 0.5) is 4.39 Å². The number of phenolic OH excluding ortho intramolecular Hbond substituents is 1. The molecule has 3 N–H and O–H groups in total. The highest BCUT2D eigenvalue weighted by Gasteiger charge is 2.12. The fourth-order valence-corrected chi connectivity index (χ4v) is 1.26. The second-order valence-corrected chi connectivity index (χ2v) is 2.92. The molecule has 0 amide bonds. The molecule has 1 rings (SSSR count). The SMILES string of the molecule is Cc1ccc(F)c(O)c1C(C)N. The molecule has 1 aromatic rings. The molecule has 1 aromatic carbocycles. The molecule has 0 spiro atoms. The van der Waals surface area contributed by atoms with Crippen LogP contribution in [0.1, 0.15) is 24.1 Å². The summed E-state index contributed by atoms with van der Waals surface area (Å²) in [6.45, 7) is 3.50. The Morgan fingerprint density at radius 1 is 1.50 bits per heavy atom. The van der Waals surface area contributed by atoms with Crippen molar-refractivity contribution in [3.05, 3.63) is 29.1 Å². The molecule has 0 radical (unpaired) electrons. The maximum Gasteiger partial charge on any atom is 0.165 e. The van der Waals surface area contributed by atoms with Gasteiger partial charge in [-0.1, -0.05) is 6.07 Å². The third kappa shape index (κ3) is 1.41. The molecule has 0 fully saturated rings. The first-order valence-electron chi connectivity index (χ1n) is 3.77. The Morgan fingerprint density at radius 3 is 2.50 bits per heavy atom. The smallest absolute Gasteiger partial charge is 0.165 e. The fourth-order valence-electron chi connectivity index (χ4n) is 1.26. The molecule has 0 bridgehead atoms. The van der Waals surface area contributed by atoms with E-state index in [-0.39, 0.29) is 11.8 Å². The van der Waals surface area contributed by atoms with Gasteiger partial charge in [0.25, 0.3) is 0 Å². The summed E-state index contributed by atoms with van der Waals surface area (Å²) in [6.07, 6.45) is 0. The van der Waals surface area contributed by atoms with Gasteiger partial charge in [0.1, 0.15) is 0 Å². The zero-order valence-electron chi connectivity index (χ0n) is 7.13. The number of aryl methyl sites for hydroxylation is 1. The molecule has 0 aliphatic rings. The molecule has 66 valence electrons. The summed E-state index contributed by atoms with van der Waals surface area (Å²) in [6, 6.07) is 2.49. The summed E-state index contributed by atoms with van der Waals surface area (Å²) in [5.74, 6) is -0.946. The van der Waals surface area contributed by atoms with Crippen LogP contribution in [0.15, 0.2) is 12.1 Å². The van der Waals surface area contributed by atoms with Crippen molar-refractivity contribution in [1.82, 2.24) is 0 Å². The van der Waals surface area contributed by atoms with Crippen molar-refractivity contribution in [2.75, 3.05) is 0 Å². The topological polar surface area (TPSA) is 46.2 Å². The van der Waals surface area contributed by atoms with E-state index in [1.807, 2.05) is 0 Å². The molecular weight excluding hydrogens is 157 g/mol. The van der Waals surface area contributed by atoms with Crippen LogP contribution in [-0.2, 0) is 0 Å². The molecule has 0 heterocycles. The summed E-state index contributed by atoms with van der Waals surface area (Å²) < 4.78 is 12.8. The van der Waals surface area contributed by atoms with Gasteiger partial charge in [-0.15, -0.1) is 0 Å². The van der Waals surface area contributed by atoms with Crippen molar-refractivity contribution < 1.29 is 9.50 Å². The zero-order chi connectivity index (χ0) is 9.30. The maximum atomic E-state index is 12.8. The van der Waals surface area contributed by atoms with Crippen LogP contribution in [0.2, 0.25) is 0 Å². The normalized spacial score (nSPS) is 13.0. The molecule has 0 saturated carbocycles. The Labute approximate surface area is 70.8 Å². The lowest BCUT2D eigenvalue weighted by molar-refractivity contribution is 0.421. The van der Waals surface area contributed by atoms with E-state index in [4.69, 9.17) is 5.73 Å². The number of hydrogen-bond acceptors (Lipinski definition) is 2. The number of nitrogens with two attached hydrogens (primary N) is 1. The summed E-state index contributed by atoms with van der Waals surface area (Å²) in [4.78, 5) is 0. The molecule has 0 aliphatic heterocycles. The van der Waals surface area contributed by atoms with Gasteiger partial charge in [-0.3, -0.25) is 0 Å². The molecule has 0 aliphatic carbocycles. The van der Waals surface area contributed by atoms with Gasteiger partial charge in [0.05, 0.1) is 0 Å². The van der Waals surface area contributed by atoms with E-state index in [2.05, 4.69) is 0 Å². The molecule has 3 heteroatoms. The van der Waals surface area contributed by atoms with Crippen LogP contribution in [0, 0.1) is 12.7 Å². The van der Waals surface area contributed by atoms with Gasteiger partial charge >= 0.3 is 0 Å². The van der Waals surface area contributed by atoms with Crippen molar-refractivity contribution >= 4 is 0 Å². The zero-order valence-corrected chi connectivity index (χ0v) is 7.13. The molecular formula is C9H12FNO. The molecule has 1 unspecified atom stereocenters. The van der Waals surface area contributed by atoms with Gasteiger partial charge in [0.2, 0.25) is 0 Å². The van der Waals surface area contributed by atoms with Crippen molar-refractivity contribution in [3.63, 3.8) is 0 Å². The van der Waals surface area contributed by atoms with Crippen LogP contribution in [-0.4, -0.2) is 5.11 Å². The van der Waals surface area contributed by atoms with Crippen molar-refractivity contribution in [1.29, 1.82) is 0 Å². The molecule has 2 nitrogen and oxygen atoms in total. The number of rotatable bonds is 1. The van der Waals surface area contributed by atoms with Crippen molar-refractivity contribution in [2.24, 2.45) is 5.73 Å². The summed E-state index contributed by atoms with van der Waals surface area (Å²) in [5.41, 5.74) is 6.85. The van der Waals surface area contributed by atoms with E-state index in [9.17, 15) is 9.50 Å².